The van der Waals surface area contributed by atoms with E-state index in [9.17, 15) is 0 Å². The number of ether oxygens (including phenoxy) is 1. The van der Waals surface area contributed by atoms with E-state index in [1.54, 1.807) is 7.11 Å². The lowest BCUT2D eigenvalue weighted by molar-refractivity contribution is 0.276. The van der Waals surface area contributed by atoms with Gasteiger partial charge in [-0.1, -0.05) is 12.8 Å². The summed E-state index contributed by atoms with van der Waals surface area (Å²) >= 11 is 0. The largest absolute Gasteiger partial charge is 0.497 e. The van der Waals surface area contributed by atoms with Gasteiger partial charge in [-0.2, -0.15) is 0 Å². The van der Waals surface area contributed by atoms with E-state index in [4.69, 9.17) is 9.73 Å². The zero-order valence-corrected chi connectivity index (χ0v) is 19.4. The summed E-state index contributed by atoms with van der Waals surface area (Å²) in [7, 11) is -1.24. The topological polar surface area (TPSA) is 48.4 Å². The molecule has 166 valence electrons. The minimum atomic E-state index is -2.92. The molecular formula is C23H37N4O2P. The van der Waals surface area contributed by atoms with Gasteiger partial charge in [-0.15, -0.1) is 0 Å². The number of piperidine rings is 3. The minimum Gasteiger partial charge on any atom is -0.497 e. The van der Waals surface area contributed by atoms with Gasteiger partial charge in [0.25, 0.3) is 7.44 Å². The van der Waals surface area contributed by atoms with Crippen molar-refractivity contribution in [2.24, 2.45) is 4.99 Å². The van der Waals surface area contributed by atoms with Crippen LogP contribution in [0, 0.1) is 0 Å². The van der Waals surface area contributed by atoms with Crippen molar-refractivity contribution < 1.29 is 9.30 Å². The fraction of sp³-hybridized carbons (Fsp3) is 0.696. The second-order valence-electron chi connectivity index (χ2n) is 8.73. The molecule has 0 spiro atoms. The highest BCUT2D eigenvalue weighted by atomic mass is 31.2. The summed E-state index contributed by atoms with van der Waals surface area (Å²) in [6, 6.07) is 7.86. The van der Waals surface area contributed by atoms with Gasteiger partial charge in [0, 0.05) is 39.3 Å². The Balaban J connectivity index is 1.76. The first kappa shape index (κ1) is 21.9. The van der Waals surface area contributed by atoms with Gasteiger partial charge < -0.3 is 9.64 Å². The molecule has 3 fully saturated rings. The predicted octanol–water partition coefficient (Wildman–Crippen LogP) is 5.33. The van der Waals surface area contributed by atoms with Crippen molar-refractivity contribution in [3.8, 4) is 5.75 Å². The van der Waals surface area contributed by atoms with Crippen molar-refractivity contribution in [2.75, 3.05) is 46.4 Å². The van der Waals surface area contributed by atoms with E-state index in [0.29, 0.717) is 0 Å². The molecule has 4 rings (SSSR count). The summed E-state index contributed by atoms with van der Waals surface area (Å²) in [5.74, 6) is 0.823. The Morgan fingerprint density at radius 3 is 1.70 bits per heavy atom. The van der Waals surface area contributed by atoms with Crippen LogP contribution in [-0.4, -0.2) is 66.2 Å². The van der Waals surface area contributed by atoms with E-state index in [0.717, 1.165) is 94.8 Å². The van der Waals surface area contributed by atoms with Crippen molar-refractivity contribution in [2.45, 2.75) is 57.8 Å². The standard InChI is InChI=1S/C23H37N4O2P/c1-29-22-13-11-21(12-14-22)24-23(25-15-5-2-6-16-25)30(28,26-17-7-3-8-18-26)27-19-9-4-10-20-27/h11-14H,2-10,15-20H2,1H3. The normalized spacial score (nSPS) is 22.8. The first-order valence-corrected chi connectivity index (χ1v) is 13.4. The molecule has 0 bridgehead atoms. The number of methoxy groups -OCH3 is 1. The van der Waals surface area contributed by atoms with Gasteiger partial charge in [0.15, 0.2) is 5.58 Å². The Kier molecular flexibility index (Phi) is 7.50. The van der Waals surface area contributed by atoms with Crippen LogP contribution in [0.1, 0.15) is 57.8 Å². The lowest BCUT2D eigenvalue weighted by Gasteiger charge is -2.45. The van der Waals surface area contributed by atoms with Crippen molar-refractivity contribution in [1.82, 2.24) is 14.2 Å². The molecule has 0 N–H and O–H groups in total. The van der Waals surface area contributed by atoms with Crippen LogP contribution in [-0.2, 0) is 4.57 Å². The monoisotopic (exact) mass is 432 g/mol. The molecule has 0 unspecified atom stereocenters. The molecule has 0 aliphatic carbocycles. The molecule has 0 amide bonds. The van der Waals surface area contributed by atoms with Crippen LogP contribution in [0.25, 0.3) is 0 Å². The smallest absolute Gasteiger partial charge is 0.280 e. The van der Waals surface area contributed by atoms with E-state index >= 15 is 4.57 Å². The van der Waals surface area contributed by atoms with Gasteiger partial charge in [-0.25, -0.2) is 14.3 Å². The van der Waals surface area contributed by atoms with Crippen LogP contribution in [0.15, 0.2) is 29.3 Å². The zero-order valence-electron chi connectivity index (χ0n) is 18.5. The van der Waals surface area contributed by atoms with Crippen LogP contribution in [0.3, 0.4) is 0 Å². The van der Waals surface area contributed by atoms with E-state index in [-0.39, 0.29) is 0 Å². The molecule has 1 aromatic rings. The van der Waals surface area contributed by atoms with Crippen molar-refractivity contribution >= 4 is 18.7 Å². The third kappa shape index (κ3) is 4.76. The van der Waals surface area contributed by atoms with Gasteiger partial charge >= 0.3 is 0 Å². The number of rotatable bonds is 5. The highest BCUT2D eigenvalue weighted by Crippen LogP contribution is 2.58. The fourth-order valence-electron chi connectivity index (χ4n) is 4.91. The Labute approximate surface area is 181 Å². The first-order valence-electron chi connectivity index (χ1n) is 11.8. The Bertz CT molecular complexity index is 727. The maximum Gasteiger partial charge on any atom is 0.280 e. The average molecular weight is 433 g/mol. The molecule has 3 heterocycles. The summed E-state index contributed by atoms with van der Waals surface area (Å²) < 4.78 is 25.0. The maximum absolute atomic E-state index is 15.1. The number of likely N-dealkylation sites (tertiary alicyclic amines) is 1. The molecule has 3 aliphatic heterocycles. The maximum atomic E-state index is 15.1. The van der Waals surface area contributed by atoms with Gasteiger partial charge in [0.1, 0.15) is 5.75 Å². The first-order chi connectivity index (χ1) is 14.7. The Morgan fingerprint density at radius 1 is 0.767 bits per heavy atom. The third-order valence-corrected chi connectivity index (χ3v) is 9.87. The minimum absolute atomic E-state index is 0.823. The van der Waals surface area contributed by atoms with Crippen molar-refractivity contribution in [3.05, 3.63) is 24.3 Å². The Morgan fingerprint density at radius 2 is 1.23 bits per heavy atom. The van der Waals surface area contributed by atoms with Crippen molar-refractivity contribution in [1.29, 1.82) is 0 Å². The second kappa shape index (κ2) is 10.3. The third-order valence-electron chi connectivity index (χ3n) is 6.63. The van der Waals surface area contributed by atoms with Crippen molar-refractivity contribution in [3.63, 3.8) is 0 Å². The summed E-state index contributed by atoms with van der Waals surface area (Å²) in [6.07, 6.45) is 10.6. The molecule has 3 aliphatic rings. The molecule has 30 heavy (non-hydrogen) atoms. The van der Waals surface area contributed by atoms with Crippen LogP contribution >= 0.6 is 7.44 Å². The molecule has 7 heteroatoms. The lowest BCUT2D eigenvalue weighted by Crippen LogP contribution is -2.46. The lowest BCUT2D eigenvalue weighted by atomic mass is 10.1. The molecule has 0 aromatic heterocycles. The number of aliphatic imine (C=N–C) groups is 1. The molecule has 0 atom stereocenters. The molecule has 0 saturated carbocycles. The number of hydrogen-bond donors (Lipinski definition) is 0. The quantitative estimate of drug-likeness (QED) is 0.357. The molecule has 1 aromatic carbocycles. The average Bonchev–Trinajstić information content (AvgIpc) is 2.84. The highest BCUT2D eigenvalue weighted by Gasteiger charge is 2.45. The van der Waals surface area contributed by atoms with Gasteiger partial charge in [-0.3, -0.25) is 4.57 Å². The van der Waals surface area contributed by atoms with Crippen LogP contribution < -0.4 is 4.74 Å². The molecule has 3 saturated heterocycles. The number of benzene rings is 1. The van der Waals surface area contributed by atoms with E-state index in [1.165, 1.54) is 19.3 Å². The predicted molar refractivity (Wildman–Crippen MR) is 124 cm³/mol. The van der Waals surface area contributed by atoms with E-state index in [1.807, 2.05) is 24.3 Å². The van der Waals surface area contributed by atoms with E-state index in [2.05, 4.69) is 14.2 Å². The fourth-order valence-corrected chi connectivity index (χ4v) is 8.24. The van der Waals surface area contributed by atoms with Gasteiger partial charge in [0.05, 0.1) is 12.8 Å². The Hall–Kier alpha value is -1.36. The molecule has 0 radical (unpaired) electrons. The number of hydrogen-bond acceptors (Lipinski definition) is 3. The van der Waals surface area contributed by atoms with Crippen LogP contribution in [0.5, 0.6) is 5.75 Å². The summed E-state index contributed by atoms with van der Waals surface area (Å²) in [6.45, 7) is 5.60. The molecule has 6 nitrogen and oxygen atoms in total. The number of amidine groups is 1. The van der Waals surface area contributed by atoms with Crippen LogP contribution in [0.2, 0.25) is 0 Å². The second-order valence-corrected chi connectivity index (χ2v) is 11.3. The highest BCUT2D eigenvalue weighted by molar-refractivity contribution is 7.76. The van der Waals surface area contributed by atoms with E-state index < -0.39 is 7.44 Å². The SMILES string of the molecule is COc1ccc(N=C(N2CCCCC2)P(=O)(N2CCCCC2)N2CCCCC2)cc1. The molecular weight excluding hydrogens is 395 g/mol. The summed E-state index contributed by atoms with van der Waals surface area (Å²) in [5.41, 5.74) is 1.70. The zero-order chi connectivity index (χ0) is 20.8. The van der Waals surface area contributed by atoms with Gasteiger partial charge in [-0.05, 0) is 69.2 Å². The summed E-state index contributed by atoms with van der Waals surface area (Å²) in [5, 5.41) is 0. The number of nitrogens with zero attached hydrogens (tertiary/aromatic N) is 4. The van der Waals surface area contributed by atoms with Crippen LogP contribution in [0.4, 0.5) is 5.69 Å². The van der Waals surface area contributed by atoms with Gasteiger partial charge in [0.2, 0.25) is 0 Å². The summed E-state index contributed by atoms with van der Waals surface area (Å²) in [4.78, 5) is 7.47.